The molecule has 6 nitrogen and oxygen atoms in total. The predicted octanol–water partition coefficient (Wildman–Crippen LogP) is 2.51. The lowest BCUT2D eigenvalue weighted by Crippen LogP contribution is -2.64. The van der Waals surface area contributed by atoms with Gasteiger partial charge in [-0.25, -0.2) is 0 Å². The Kier molecular flexibility index (Phi) is 5.08. The number of rotatable bonds is 4. The van der Waals surface area contributed by atoms with Crippen LogP contribution < -0.4 is 0 Å². The second kappa shape index (κ2) is 7.22. The molecule has 0 bridgehead atoms. The van der Waals surface area contributed by atoms with Crippen LogP contribution in [0.15, 0.2) is 23.8 Å². The molecule has 31 heavy (non-hydrogen) atoms. The van der Waals surface area contributed by atoms with E-state index in [4.69, 9.17) is 9.47 Å². The first-order chi connectivity index (χ1) is 14.7. The fourth-order valence-corrected chi connectivity index (χ4v) is 8.30. The fourth-order valence-electron chi connectivity index (χ4n) is 8.30. The van der Waals surface area contributed by atoms with Crippen LogP contribution in [-0.2, 0) is 14.3 Å². The molecule has 0 aromatic heterocycles. The summed E-state index contributed by atoms with van der Waals surface area (Å²) in [5, 5.41) is 32.6. The van der Waals surface area contributed by atoms with Gasteiger partial charge < -0.3 is 24.8 Å². The average molecular weight is 433 g/mol. The second-order valence-corrected chi connectivity index (χ2v) is 10.9. The molecule has 5 aliphatic rings. The molecule has 3 N–H and O–H groups in total. The highest BCUT2D eigenvalue weighted by atomic mass is 16.7. The Morgan fingerprint density at radius 2 is 2.10 bits per heavy atom. The first-order valence-corrected chi connectivity index (χ1v) is 12.0. The van der Waals surface area contributed by atoms with Gasteiger partial charge in [-0.15, -0.1) is 0 Å². The molecule has 6 heteroatoms. The Morgan fingerprint density at radius 1 is 1.32 bits per heavy atom. The normalized spacial score (nSPS) is 51.5. The minimum absolute atomic E-state index is 0.0171. The number of allylic oxidation sites excluding steroid dienone is 4. The Bertz CT molecular complexity index is 821. The van der Waals surface area contributed by atoms with E-state index in [1.165, 1.54) is 0 Å². The van der Waals surface area contributed by atoms with Crippen LogP contribution in [0.3, 0.4) is 0 Å². The highest BCUT2D eigenvalue weighted by Crippen LogP contribution is 2.70. The van der Waals surface area contributed by atoms with Gasteiger partial charge >= 0.3 is 0 Å². The van der Waals surface area contributed by atoms with E-state index < -0.39 is 23.2 Å². The molecule has 10 atom stereocenters. The van der Waals surface area contributed by atoms with Gasteiger partial charge in [0.1, 0.15) is 11.7 Å². The lowest BCUT2D eigenvalue weighted by molar-refractivity contribution is -0.230. The second-order valence-electron chi connectivity index (χ2n) is 10.9. The first kappa shape index (κ1) is 21.8. The average Bonchev–Trinajstić information content (AvgIpc) is 3.20. The number of aliphatic hydroxyl groups excluding tert-OH is 3. The molecule has 0 amide bonds. The monoisotopic (exact) mass is 432 g/mol. The summed E-state index contributed by atoms with van der Waals surface area (Å²) in [5.41, 5.74) is -0.713. The van der Waals surface area contributed by atoms with Crippen molar-refractivity contribution in [1.29, 1.82) is 0 Å². The van der Waals surface area contributed by atoms with Crippen molar-refractivity contribution in [2.75, 3.05) is 6.61 Å². The van der Waals surface area contributed by atoms with Crippen LogP contribution in [0.1, 0.15) is 59.3 Å². The van der Waals surface area contributed by atoms with Crippen molar-refractivity contribution in [2.24, 2.45) is 28.6 Å². The summed E-state index contributed by atoms with van der Waals surface area (Å²) in [6, 6.07) is 0. The highest BCUT2D eigenvalue weighted by molar-refractivity contribution is 6.01. The molecule has 1 unspecified atom stereocenters. The predicted molar refractivity (Wildman–Crippen MR) is 114 cm³/mol. The molecule has 1 saturated heterocycles. The summed E-state index contributed by atoms with van der Waals surface area (Å²) in [5.74, 6) is 0.492. The quantitative estimate of drug-likeness (QED) is 0.632. The third kappa shape index (κ3) is 2.72. The van der Waals surface area contributed by atoms with Gasteiger partial charge in [-0.2, -0.15) is 0 Å². The maximum absolute atomic E-state index is 12.0. The van der Waals surface area contributed by atoms with E-state index >= 15 is 0 Å². The van der Waals surface area contributed by atoms with Crippen LogP contribution in [0.2, 0.25) is 0 Å². The lowest BCUT2D eigenvalue weighted by atomic mass is 9.46. The molecule has 0 aromatic carbocycles. The largest absolute Gasteiger partial charge is 0.394 e. The van der Waals surface area contributed by atoms with Gasteiger partial charge in [-0.1, -0.05) is 38.8 Å². The standard InChI is InChI=1S/C25H36O6/c1-4-5-21-30-20-11-17-16-7-6-14-10-15(27)8-9-23(14,2)22(16)18(28)12-24(17,3)25(20,31-21)19(29)13-26/h8-10,16-22,26,28-29H,4-7,11-13H2,1-3H3/t16-,17-,18-,19-,20+,21?,22+,23-,24-,25+/m0/s1. The van der Waals surface area contributed by atoms with Gasteiger partial charge in [0.05, 0.1) is 18.8 Å². The topological polar surface area (TPSA) is 96.2 Å². The maximum Gasteiger partial charge on any atom is 0.178 e. The molecule has 1 heterocycles. The number of ether oxygens (including phenoxy) is 2. The zero-order valence-electron chi connectivity index (χ0n) is 18.8. The van der Waals surface area contributed by atoms with Gasteiger partial charge in [0.15, 0.2) is 12.1 Å². The summed E-state index contributed by atoms with van der Waals surface area (Å²) in [4.78, 5) is 12.0. The summed E-state index contributed by atoms with van der Waals surface area (Å²) in [6.45, 7) is 5.97. The van der Waals surface area contributed by atoms with Gasteiger partial charge in [0.2, 0.25) is 0 Å². The number of carbonyl (C=O) groups excluding carboxylic acids is 1. The number of fused-ring (bicyclic) bond motifs is 7. The summed E-state index contributed by atoms with van der Waals surface area (Å²) < 4.78 is 12.8. The SMILES string of the molecule is CCCC1O[C@@H]2C[C@H]3[C@@H]4CCC5=CC(=O)C=C[C@]5(C)[C@H]4[C@@H](O)C[C@]3(C)[C@]2([C@@H](O)CO)O1. The summed E-state index contributed by atoms with van der Waals surface area (Å²) >= 11 is 0. The summed E-state index contributed by atoms with van der Waals surface area (Å²) in [7, 11) is 0. The van der Waals surface area contributed by atoms with E-state index in [0.29, 0.717) is 6.42 Å². The zero-order valence-corrected chi connectivity index (χ0v) is 18.8. The van der Waals surface area contributed by atoms with Crippen LogP contribution >= 0.6 is 0 Å². The van der Waals surface area contributed by atoms with E-state index in [-0.39, 0.29) is 48.0 Å². The molecule has 0 radical (unpaired) electrons. The van der Waals surface area contributed by atoms with E-state index in [9.17, 15) is 20.1 Å². The van der Waals surface area contributed by atoms with E-state index in [1.807, 2.05) is 6.08 Å². The minimum atomic E-state index is -1.06. The Balaban J connectivity index is 1.55. The number of aliphatic hydroxyl groups is 3. The van der Waals surface area contributed by atoms with Gasteiger partial charge in [0, 0.05) is 16.7 Å². The van der Waals surface area contributed by atoms with Crippen molar-refractivity contribution < 1.29 is 29.6 Å². The lowest BCUT2D eigenvalue weighted by Gasteiger charge is -2.60. The Hall–Kier alpha value is -1.05. The molecule has 0 spiro atoms. The molecular formula is C25H36O6. The minimum Gasteiger partial charge on any atom is -0.394 e. The highest BCUT2D eigenvalue weighted by Gasteiger charge is 2.75. The smallest absolute Gasteiger partial charge is 0.178 e. The first-order valence-electron chi connectivity index (χ1n) is 12.0. The molecule has 3 saturated carbocycles. The van der Waals surface area contributed by atoms with Crippen molar-refractivity contribution >= 4 is 5.78 Å². The third-order valence-corrected chi connectivity index (χ3v) is 9.56. The number of ketones is 1. The van der Waals surface area contributed by atoms with Gasteiger partial charge in [-0.3, -0.25) is 4.79 Å². The van der Waals surface area contributed by atoms with E-state index in [2.05, 4.69) is 20.8 Å². The van der Waals surface area contributed by atoms with Crippen molar-refractivity contribution in [1.82, 2.24) is 0 Å². The molecule has 4 fully saturated rings. The number of carbonyl (C=O) groups is 1. The molecular weight excluding hydrogens is 396 g/mol. The van der Waals surface area contributed by atoms with Crippen LogP contribution in [0, 0.1) is 28.6 Å². The summed E-state index contributed by atoms with van der Waals surface area (Å²) in [6.07, 6.45) is 7.75. The number of hydrogen-bond acceptors (Lipinski definition) is 6. The van der Waals surface area contributed by atoms with E-state index in [1.54, 1.807) is 12.2 Å². The van der Waals surface area contributed by atoms with Gasteiger partial charge in [-0.05, 0) is 56.1 Å². The molecule has 0 aromatic rings. The zero-order chi connectivity index (χ0) is 22.2. The van der Waals surface area contributed by atoms with Crippen molar-refractivity contribution in [3.63, 3.8) is 0 Å². The van der Waals surface area contributed by atoms with Gasteiger partial charge in [0.25, 0.3) is 0 Å². The Labute approximate surface area is 184 Å². The molecule has 5 rings (SSSR count). The van der Waals surface area contributed by atoms with Crippen LogP contribution in [0.25, 0.3) is 0 Å². The van der Waals surface area contributed by atoms with Crippen molar-refractivity contribution in [3.05, 3.63) is 23.8 Å². The molecule has 1 aliphatic heterocycles. The number of hydrogen-bond donors (Lipinski definition) is 3. The van der Waals surface area contributed by atoms with Crippen LogP contribution in [-0.4, -0.2) is 57.9 Å². The third-order valence-electron chi connectivity index (χ3n) is 9.56. The Morgan fingerprint density at radius 3 is 2.81 bits per heavy atom. The molecule has 4 aliphatic carbocycles. The molecule has 172 valence electrons. The van der Waals surface area contributed by atoms with E-state index in [0.717, 1.165) is 37.7 Å². The van der Waals surface area contributed by atoms with Crippen LogP contribution in [0.4, 0.5) is 0 Å². The fraction of sp³-hybridized carbons (Fsp3) is 0.800. The van der Waals surface area contributed by atoms with Crippen molar-refractivity contribution in [3.8, 4) is 0 Å². The van der Waals surface area contributed by atoms with Crippen molar-refractivity contribution in [2.45, 2.75) is 89.5 Å². The van der Waals surface area contributed by atoms with Crippen LogP contribution in [0.5, 0.6) is 0 Å². The maximum atomic E-state index is 12.0.